The Kier molecular flexibility index (Phi) is 5.95. The number of furan rings is 1. The third-order valence-corrected chi connectivity index (χ3v) is 4.54. The van der Waals surface area contributed by atoms with Crippen molar-refractivity contribution in [3.05, 3.63) is 76.2 Å². The molecular formula is C22H22ClNO4. The van der Waals surface area contributed by atoms with E-state index in [1.807, 2.05) is 20.8 Å². The summed E-state index contributed by atoms with van der Waals surface area (Å²) in [6, 6.07) is 13.8. The molecule has 3 rings (SSSR count). The molecule has 1 amide bonds. The summed E-state index contributed by atoms with van der Waals surface area (Å²) >= 11 is 5.93. The molecule has 0 unspecified atom stereocenters. The number of aromatic hydroxyl groups is 1. The fourth-order valence-corrected chi connectivity index (χ4v) is 2.96. The average molecular weight is 400 g/mol. The standard InChI is InChI=1S/C22H22ClNO4/c1-13(2)18-11-19(14(3)9-20(18)25)24-22(26)21-8-7-17(28-21)12-27-16-6-4-5-15(23)10-16/h4-11,13,25H,12H2,1-3H3,(H,24,26). The number of carbonyl (C=O) groups is 1. The van der Waals surface area contributed by atoms with Crippen LogP contribution in [0.3, 0.4) is 0 Å². The first kappa shape index (κ1) is 19.8. The lowest BCUT2D eigenvalue weighted by atomic mass is 9.99. The van der Waals surface area contributed by atoms with Gasteiger partial charge >= 0.3 is 0 Å². The molecule has 0 aliphatic carbocycles. The number of nitrogens with one attached hydrogen (secondary N) is 1. The Morgan fingerprint density at radius 2 is 2.00 bits per heavy atom. The fourth-order valence-electron chi connectivity index (χ4n) is 2.78. The Morgan fingerprint density at radius 3 is 2.71 bits per heavy atom. The number of ether oxygens (including phenoxy) is 1. The summed E-state index contributed by atoms with van der Waals surface area (Å²) in [5.41, 5.74) is 2.18. The summed E-state index contributed by atoms with van der Waals surface area (Å²) in [5.74, 6) is 1.33. The predicted octanol–water partition coefficient (Wildman–Crippen LogP) is 5.90. The van der Waals surface area contributed by atoms with Crippen molar-refractivity contribution in [3.8, 4) is 11.5 Å². The topological polar surface area (TPSA) is 71.7 Å². The Balaban J connectivity index is 1.68. The molecule has 0 aliphatic heterocycles. The number of hydrogen-bond acceptors (Lipinski definition) is 4. The molecule has 3 aromatic rings. The van der Waals surface area contributed by atoms with E-state index in [9.17, 15) is 9.90 Å². The molecule has 0 saturated carbocycles. The Hall–Kier alpha value is -2.92. The summed E-state index contributed by atoms with van der Waals surface area (Å²) in [5, 5.41) is 13.5. The summed E-state index contributed by atoms with van der Waals surface area (Å²) in [6.45, 7) is 5.97. The quantitative estimate of drug-likeness (QED) is 0.506. The number of phenols is 1. The highest BCUT2D eigenvalue weighted by molar-refractivity contribution is 6.30. The van der Waals surface area contributed by atoms with Gasteiger partial charge < -0.3 is 19.6 Å². The lowest BCUT2D eigenvalue weighted by Crippen LogP contribution is -2.12. The minimum Gasteiger partial charge on any atom is -0.508 e. The highest BCUT2D eigenvalue weighted by Crippen LogP contribution is 2.31. The molecule has 0 atom stereocenters. The van der Waals surface area contributed by atoms with Gasteiger partial charge in [0.2, 0.25) is 0 Å². The first-order chi connectivity index (χ1) is 13.3. The average Bonchev–Trinajstić information content (AvgIpc) is 3.11. The van der Waals surface area contributed by atoms with Gasteiger partial charge in [-0.05, 0) is 66.4 Å². The monoisotopic (exact) mass is 399 g/mol. The third kappa shape index (κ3) is 4.67. The van der Waals surface area contributed by atoms with Crippen LogP contribution in [-0.2, 0) is 6.61 Å². The van der Waals surface area contributed by atoms with Gasteiger partial charge in [-0.3, -0.25) is 4.79 Å². The molecular weight excluding hydrogens is 378 g/mol. The minimum atomic E-state index is -0.363. The second kappa shape index (κ2) is 8.40. The number of aryl methyl sites for hydroxylation is 1. The molecule has 0 spiro atoms. The van der Waals surface area contributed by atoms with E-state index in [1.54, 1.807) is 48.5 Å². The predicted molar refractivity (Wildman–Crippen MR) is 109 cm³/mol. The van der Waals surface area contributed by atoms with Crippen molar-refractivity contribution in [2.75, 3.05) is 5.32 Å². The van der Waals surface area contributed by atoms with Crippen LogP contribution in [0.5, 0.6) is 11.5 Å². The number of hydrogen-bond donors (Lipinski definition) is 2. The number of carbonyl (C=O) groups excluding carboxylic acids is 1. The van der Waals surface area contributed by atoms with Gasteiger partial charge in [-0.2, -0.15) is 0 Å². The number of benzene rings is 2. The summed E-state index contributed by atoms with van der Waals surface area (Å²) in [4.78, 5) is 12.5. The maximum atomic E-state index is 12.5. The fraction of sp³-hybridized carbons (Fsp3) is 0.227. The molecule has 28 heavy (non-hydrogen) atoms. The summed E-state index contributed by atoms with van der Waals surface area (Å²) < 4.78 is 11.2. The second-order valence-electron chi connectivity index (χ2n) is 6.85. The maximum Gasteiger partial charge on any atom is 0.291 e. The maximum absolute atomic E-state index is 12.5. The Labute approximate surface area is 168 Å². The van der Waals surface area contributed by atoms with E-state index in [0.717, 1.165) is 11.1 Å². The molecule has 0 saturated heterocycles. The Bertz CT molecular complexity index is 994. The van der Waals surface area contributed by atoms with Crippen LogP contribution in [0, 0.1) is 6.92 Å². The Morgan fingerprint density at radius 1 is 1.21 bits per heavy atom. The molecule has 2 aromatic carbocycles. The van der Waals surface area contributed by atoms with E-state index in [4.69, 9.17) is 20.8 Å². The molecule has 6 heteroatoms. The van der Waals surface area contributed by atoms with Crippen molar-refractivity contribution in [2.24, 2.45) is 0 Å². The van der Waals surface area contributed by atoms with Gasteiger partial charge in [-0.25, -0.2) is 0 Å². The van der Waals surface area contributed by atoms with Crippen molar-refractivity contribution in [1.29, 1.82) is 0 Å². The van der Waals surface area contributed by atoms with Crippen LogP contribution >= 0.6 is 11.6 Å². The van der Waals surface area contributed by atoms with Gasteiger partial charge in [0.25, 0.3) is 5.91 Å². The highest BCUT2D eigenvalue weighted by atomic mass is 35.5. The van der Waals surface area contributed by atoms with Crippen LogP contribution in [0.1, 0.15) is 47.2 Å². The van der Waals surface area contributed by atoms with Crippen LogP contribution in [0.15, 0.2) is 52.9 Å². The van der Waals surface area contributed by atoms with Gasteiger partial charge in [0.1, 0.15) is 23.9 Å². The largest absolute Gasteiger partial charge is 0.508 e. The number of anilines is 1. The zero-order valence-electron chi connectivity index (χ0n) is 16.0. The third-order valence-electron chi connectivity index (χ3n) is 4.31. The number of phenolic OH excluding ortho intramolecular Hbond substituents is 1. The van der Waals surface area contributed by atoms with E-state index in [0.29, 0.717) is 22.2 Å². The molecule has 146 valence electrons. The first-order valence-corrected chi connectivity index (χ1v) is 9.33. The van der Waals surface area contributed by atoms with Crippen LogP contribution in [-0.4, -0.2) is 11.0 Å². The lowest BCUT2D eigenvalue weighted by molar-refractivity contribution is 0.0992. The van der Waals surface area contributed by atoms with Crippen molar-refractivity contribution in [3.63, 3.8) is 0 Å². The van der Waals surface area contributed by atoms with Crippen LogP contribution in [0.25, 0.3) is 0 Å². The molecule has 0 aliphatic rings. The molecule has 5 nitrogen and oxygen atoms in total. The lowest BCUT2D eigenvalue weighted by Gasteiger charge is -2.14. The second-order valence-corrected chi connectivity index (χ2v) is 7.28. The smallest absolute Gasteiger partial charge is 0.291 e. The van der Waals surface area contributed by atoms with Gasteiger partial charge in [0.15, 0.2) is 5.76 Å². The van der Waals surface area contributed by atoms with Crippen LogP contribution in [0.2, 0.25) is 5.02 Å². The zero-order valence-corrected chi connectivity index (χ0v) is 16.7. The van der Waals surface area contributed by atoms with Gasteiger partial charge in [-0.1, -0.05) is 31.5 Å². The van der Waals surface area contributed by atoms with Crippen molar-refractivity contribution >= 4 is 23.2 Å². The molecule has 0 bridgehead atoms. The highest BCUT2D eigenvalue weighted by Gasteiger charge is 2.15. The van der Waals surface area contributed by atoms with E-state index >= 15 is 0 Å². The molecule has 0 fully saturated rings. The zero-order chi connectivity index (χ0) is 20.3. The van der Waals surface area contributed by atoms with Crippen LogP contribution < -0.4 is 10.1 Å². The van der Waals surface area contributed by atoms with E-state index in [2.05, 4.69) is 5.32 Å². The van der Waals surface area contributed by atoms with Gasteiger partial charge in [0, 0.05) is 10.7 Å². The van der Waals surface area contributed by atoms with E-state index in [1.165, 1.54) is 0 Å². The van der Waals surface area contributed by atoms with Gasteiger partial charge in [-0.15, -0.1) is 0 Å². The number of halogens is 1. The van der Waals surface area contributed by atoms with E-state index < -0.39 is 0 Å². The van der Waals surface area contributed by atoms with Crippen LogP contribution in [0.4, 0.5) is 5.69 Å². The molecule has 2 N–H and O–H groups in total. The SMILES string of the molecule is Cc1cc(O)c(C(C)C)cc1NC(=O)c1ccc(COc2cccc(Cl)c2)o1. The molecule has 1 aromatic heterocycles. The minimum absolute atomic E-state index is 0.134. The van der Waals surface area contributed by atoms with E-state index in [-0.39, 0.29) is 29.9 Å². The van der Waals surface area contributed by atoms with Crippen molar-refractivity contribution in [2.45, 2.75) is 33.3 Å². The van der Waals surface area contributed by atoms with Crippen molar-refractivity contribution < 1.29 is 19.1 Å². The normalized spacial score (nSPS) is 10.9. The first-order valence-electron chi connectivity index (χ1n) is 8.95. The summed E-state index contributed by atoms with van der Waals surface area (Å²) in [7, 11) is 0. The number of amides is 1. The van der Waals surface area contributed by atoms with Crippen molar-refractivity contribution in [1.82, 2.24) is 0 Å². The van der Waals surface area contributed by atoms with Gasteiger partial charge in [0.05, 0.1) is 0 Å². The summed E-state index contributed by atoms with van der Waals surface area (Å²) in [6.07, 6.45) is 0. The molecule has 1 heterocycles. The number of rotatable bonds is 6. The molecule has 0 radical (unpaired) electrons.